The number of nitrogens with zero attached hydrogens (tertiary/aromatic N) is 3. The average molecular weight is 375 g/mol. The summed E-state index contributed by atoms with van der Waals surface area (Å²) < 4.78 is 0.843. The molecule has 1 amide bonds. The van der Waals surface area contributed by atoms with Gasteiger partial charge in [-0.05, 0) is 40.9 Å². The molecule has 3 rings (SSSR count). The first-order valence-corrected chi connectivity index (χ1v) is 8.66. The Hall–Kier alpha value is -1.95. The number of benzene rings is 1. The van der Waals surface area contributed by atoms with Gasteiger partial charge in [-0.15, -0.1) is 0 Å². The molecule has 6 heteroatoms. The van der Waals surface area contributed by atoms with Crippen molar-refractivity contribution in [3.8, 4) is 0 Å². The highest BCUT2D eigenvalue weighted by atomic mass is 79.9. The summed E-state index contributed by atoms with van der Waals surface area (Å²) in [5, 5.41) is 2.86. The lowest BCUT2D eigenvalue weighted by Crippen LogP contribution is -2.26. The molecule has 1 N–H and O–H groups in total. The van der Waals surface area contributed by atoms with Gasteiger partial charge in [-0.1, -0.05) is 25.0 Å². The van der Waals surface area contributed by atoms with Gasteiger partial charge in [-0.2, -0.15) is 0 Å². The van der Waals surface area contributed by atoms with E-state index in [1.54, 1.807) is 12.4 Å². The quantitative estimate of drug-likeness (QED) is 0.885. The van der Waals surface area contributed by atoms with Crippen molar-refractivity contribution in [2.75, 3.05) is 23.3 Å². The Morgan fingerprint density at radius 3 is 2.35 bits per heavy atom. The molecule has 0 atom stereocenters. The lowest BCUT2D eigenvalue weighted by molar-refractivity contribution is 0.102. The maximum Gasteiger partial charge on any atom is 0.258 e. The first-order valence-electron chi connectivity index (χ1n) is 7.87. The Labute approximate surface area is 144 Å². The maximum absolute atomic E-state index is 12.3. The number of anilines is 2. The van der Waals surface area contributed by atoms with Crippen LogP contribution in [0.25, 0.3) is 0 Å². The number of hydrogen-bond donors (Lipinski definition) is 1. The summed E-state index contributed by atoms with van der Waals surface area (Å²) in [6.07, 6.45) is 8.08. The van der Waals surface area contributed by atoms with E-state index in [1.807, 2.05) is 24.3 Å². The number of para-hydroxylation sites is 1. The zero-order valence-electron chi connectivity index (χ0n) is 12.8. The summed E-state index contributed by atoms with van der Waals surface area (Å²) in [4.78, 5) is 23.2. The van der Waals surface area contributed by atoms with Crippen LogP contribution >= 0.6 is 15.9 Å². The molecule has 0 aliphatic carbocycles. The monoisotopic (exact) mass is 374 g/mol. The highest BCUT2D eigenvalue weighted by molar-refractivity contribution is 9.10. The fraction of sp³-hybridized carbons (Fsp3) is 0.353. The first kappa shape index (κ1) is 15.9. The molecular formula is C17H19BrN4O. The third-order valence-corrected chi connectivity index (χ3v) is 4.60. The molecule has 1 saturated heterocycles. The van der Waals surface area contributed by atoms with Crippen LogP contribution in [0.5, 0.6) is 0 Å². The summed E-state index contributed by atoms with van der Waals surface area (Å²) in [5.74, 6) is 0.503. The Morgan fingerprint density at radius 1 is 1.04 bits per heavy atom. The number of rotatable bonds is 3. The Balaban J connectivity index is 1.69. The van der Waals surface area contributed by atoms with Crippen LogP contribution in [0.4, 0.5) is 11.6 Å². The summed E-state index contributed by atoms with van der Waals surface area (Å²) in [6, 6.07) is 7.50. The van der Waals surface area contributed by atoms with Crippen LogP contribution in [0.15, 0.2) is 41.1 Å². The van der Waals surface area contributed by atoms with Gasteiger partial charge in [-0.25, -0.2) is 9.97 Å². The second-order valence-electron chi connectivity index (χ2n) is 5.61. The molecule has 1 fully saturated rings. The van der Waals surface area contributed by atoms with Gasteiger partial charge in [0.15, 0.2) is 0 Å². The van der Waals surface area contributed by atoms with Crippen molar-refractivity contribution in [3.05, 3.63) is 46.7 Å². The lowest BCUT2D eigenvalue weighted by Gasteiger charge is -2.19. The van der Waals surface area contributed by atoms with Crippen LogP contribution in [0.1, 0.15) is 36.0 Å². The van der Waals surface area contributed by atoms with Gasteiger partial charge < -0.3 is 10.2 Å². The minimum Gasteiger partial charge on any atom is -0.341 e. The largest absolute Gasteiger partial charge is 0.341 e. The highest BCUT2D eigenvalue weighted by Crippen LogP contribution is 2.22. The number of carbonyl (C=O) groups is 1. The van der Waals surface area contributed by atoms with E-state index >= 15 is 0 Å². The minimum absolute atomic E-state index is 0.209. The van der Waals surface area contributed by atoms with Gasteiger partial charge in [-0.3, -0.25) is 4.79 Å². The van der Waals surface area contributed by atoms with E-state index in [9.17, 15) is 4.79 Å². The van der Waals surface area contributed by atoms with E-state index in [2.05, 4.69) is 36.1 Å². The normalized spacial score (nSPS) is 15.1. The molecule has 23 heavy (non-hydrogen) atoms. The first-order chi connectivity index (χ1) is 11.2. The number of aromatic nitrogens is 2. The topological polar surface area (TPSA) is 58.1 Å². The predicted molar refractivity (Wildman–Crippen MR) is 94.8 cm³/mol. The molecule has 1 aromatic heterocycles. The maximum atomic E-state index is 12.3. The van der Waals surface area contributed by atoms with Crippen molar-refractivity contribution in [2.24, 2.45) is 0 Å². The van der Waals surface area contributed by atoms with Gasteiger partial charge in [0, 0.05) is 30.0 Å². The molecule has 1 aliphatic rings. The van der Waals surface area contributed by atoms with Crippen LogP contribution in [0.3, 0.4) is 0 Å². The summed E-state index contributed by atoms with van der Waals surface area (Å²) in [7, 11) is 0. The SMILES string of the molecule is O=C(Nc1ccccc1Br)c1cnc(N2CCCCCC2)nc1. The van der Waals surface area contributed by atoms with E-state index in [0.717, 1.165) is 23.2 Å². The smallest absolute Gasteiger partial charge is 0.258 e. The molecule has 0 radical (unpaired) electrons. The van der Waals surface area contributed by atoms with Gasteiger partial charge in [0.2, 0.25) is 5.95 Å². The molecule has 2 heterocycles. The predicted octanol–water partition coefficient (Wildman–Crippen LogP) is 3.87. The number of nitrogens with one attached hydrogen (secondary N) is 1. The molecule has 120 valence electrons. The molecule has 5 nitrogen and oxygen atoms in total. The highest BCUT2D eigenvalue weighted by Gasteiger charge is 2.14. The van der Waals surface area contributed by atoms with Crippen LogP contribution in [-0.2, 0) is 0 Å². The summed E-state index contributed by atoms with van der Waals surface area (Å²) in [5.41, 5.74) is 1.19. The molecule has 1 aliphatic heterocycles. The Morgan fingerprint density at radius 2 is 1.70 bits per heavy atom. The van der Waals surface area contributed by atoms with E-state index in [0.29, 0.717) is 11.5 Å². The fourth-order valence-corrected chi connectivity index (χ4v) is 3.01. The third kappa shape index (κ3) is 4.07. The van der Waals surface area contributed by atoms with E-state index in [4.69, 9.17) is 0 Å². The molecule has 0 unspecified atom stereocenters. The van der Waals surface area contributed by atoms with E-state index < -0.39 is 0 Å². The Kier molecular flexibility index (Phi) is 5.23. The van der Waals surface area contributed by atoms with Gasteiger partial charge >= 0.3 is 0 Å². The van der Waals surface area contributed by atoms with Crippen LogP contribution in [0.2, 0.25) is 0 Å². The van der Waals surface area contributed by atoms with Crippen LogP contribution < -0.4 is 10.2 Å². The fourth-order valence-electron chi connectivity index (χ4n) is 2.63. The second kappa shape index (κ2) is 7.55. The van der Waals surface area contributed by atoms with E-state index in [-0.39, 0.29) is 5.91 Å². The Bertz CT molecular complexity index is 667. The van der Waals surface area contributed by atoms with Crippen molar-refractivity contribution in [1.29, 1.82) is 0 Å². The average Bonchev–Trinajstić information content (AvgIpc) is 2.86. The molecule has 0 saturated carbocycles. The summed E-state index contributed by atoms with van der Waals surface area (Å²) >= 11 is 3.42. The van der Waals surface area contributed by atoms with Crippen molar-refractivity contribution in [1.82, 2.24) is 9.97 Å². The number of carbonyl (C=O) groups excluding carboxylic acids is 1. The van der Waals surface area contributed by atoms with Gasteiger partial charge in [0.25, 0.3) is 5.91 Å². The van der Waals surface area contributed by atoms with E-state index in [1.165, 1.54) is 25.7 Å². The molecular weight excluding hydrogens is 356 g/mol. The van der Waals surface area contributed by atoms with Crippen LogP contribution in [-0.4, -0.2) is 29.0 Å². The lowest BCUT2D eigenvalue weighted by atomic mass is 10.2. The summed E-state index contributed by atoms with van der Waals surface area (Å²) in [6.45, 7) is 1.98. The van der Waals surface area contributed by atoms with Gasteiger partial charge in [0.05, 0.1) is 11.3 Å². The standard InChI is InChI=1S/C17H19BrN4O/c18-14-7-3-4-8-15(14)21-16(23)13-11-19-17(20-12-13)22-9-5-1-2-6-10-22/h3-4,7-8,11-12H,1-2,5-6,9-10H2,(H,21,23). The molecule has 0 bridgehead atoms. The zero-order valence-corrected chi connectivity index (χ0v) is 14.4. The van der Waals surface area contributed by atoms with Crippen LogP contribution in [0, 0.1) is 0 Å². The molecule has 2 aromatic rings. The number of halogens is 1. The molecule has 0 spiro atoms. The molecule has 1 aromatic carbocycles. The van der Waals surface area contributed by atoms with Crippen molar-refractivity contribution < 1.29 is 4.79 Å². The zero-order chi connectivity index (χ0) is 16.1. The van der Waals surface area contributed by atoms with Crippen molar-refractivity contribution in [2.45, 2.75) is 25.7 Å². The van der Waals surface area contributed by atoms with Gasteiger partial charge in [0.1, 0.15) is 0 Å². The van der Waals surface area contributed by atoms with Crippen molar-refractivity contribution >= 4 is 33.5 Å². The van der Waals surface area contributed by atoms with Crippen molar-refractivity contribution in [3.63, 3.8) is 0 Å². The third-order valence-electron chi connectivity index (χ3n) is 3.91. The number of hydrogen-bond acceptors (Lipinski definition) is 4. The minimum atomic E-state index is -0.209. The number of amides is 1. The second-order valence-corrected chi connectivity index (χ2v) is 6.46.